The predicted octanol–water partition coefficient (Wildman–Crippen LogP) is 23.5. The van der Waals surface area contributed by atoms with Crippen LogP contribution in [0.1, 0.15) is 105 Å². The average Bonchev–Trinajstić information content (AvgIpc) is 4.35. The monoisotopic (exact) mass is 1020 g/mol. The summed E-state index contributed by atoms with van der Waals surface area (Å²) in [5.41, 5.74) is 10.9. The molecule has 17 aromatic rings. The van der Waals surface area contributed by atoms with Crippen molar-refractivity contribution in [2.45, 2.75) is 105 Å². The van der Waals surface area contributed by atoms with E-state index in [0.29, 0.717) is 0 Å². The predicted molar refractivity (Wildman–Crippen MR) is 353 cm³/mol. The summed E-state index contributed by atoms with van der Waals surface area (Å²) in [5, 5.41) is 38.2. The molecule has 384 valence electrons. The third-order valence-corrected chi connectivity index (χ3v) is 19.6. The fourth-order valence-corrected chi connectivity index (χ4v) is 15.6. The van der Waals surface area contributed by atoms with Gasteiger partial charge in [0.05, 0.1) is 0 Å². The minimum Gasteiger partial charge on any atom is -0.0610 e. The standard InChI is InChI=1S/C80H64/c1-77(2,3)43-23-19-41(20-24-43)63-55-17-13-15-47-61-39-45(79(7,8)9)27-29-53(61)71(67(47)55)75-59-37-33-51-50-32-36-58-70-60(38-34-52(66(50)70)49-31-35-57(73(63)75)69(59)65(49)51)76-72-54-30-28-46(80(10,11)12)40-62(54)48-16-14-18-56(68(48)72)64(74(58)76)42-21-25-44(26-22-42)78(4,5)6/h13-40H,1-12H3. The lowest BCUT2D eigenvalue weighted by atomic mass is 9.85. The van der Waals surface area contributed by atoms with Crippen molar-refractivity contribution < 1.29 is 0 Å². The molecule has 0 aliphatic heterocycles. The van der Waals surface area contributed by atoms with E-state index in [2.05, 4.69) is 253 Å². The second kappa shape index (κ2) is 14.9. The second-order valence-electron chi connectivity index (χ2n) is 28.3. The summed E-state index contributed by atoms with van der Waals surface area (Å²) in [6.45, 7) is 28.0. The minimum absolute atomic E-state index is 0.0300. The summed E-state index contributed by atoms with van der Waals surface area (Å²) >= 11 is 0. The van der Waals surface area contributed by atoms with Gasteiger partial charge >= 0.3 is 0 Å². The van der Waals surface area contributed by atoms with Gasteiger partial charge in [-0.05, 0) is 229 Å². The number of fused-ring (bicyclic) bond motifs is 16. The highest BCUT2D eigenvalue weighted by atomic mass is 14.3. The molecular formula is C80H64. The van der Waals surface area contributed by atoms with Gasteiger partial charge in [0, 0.05) is 0 Å². The van der Waals surface area contributed by atoms with Crippen LogP contribution in [0.15, 0.2) is 170 Å². The molecule has 0 saturated carbocycles. The Hall–Kier alpha value is -8.32. The summed E-state index contributed by atoms with van der Waals surface area (Å²) in [6, 6.07) is 68.0. The van der Waals surface area contributed by atoms with Gasteiger partial charge in [0.25, 0.3) is 0 Å². The van der Waals surface area contributed by atoms with E-state index >= 15 is 0 Å². The molecule has 17 rings (SSSR count). The van der Waals surface area contributed by atoms with Crippen LogP contribution >= 0.6 is 0 Å². The van der Waals surface area contributed by atoms with Crippen molar-refractivity contribution in [1.29, 1.82) is 0 Å². The van der Waals surface area contributed by atoms with Crippen molar-refractivity contribution in [2.75, 3.05) is 0 Å². The van der Waals surface area contributed by atoms with Crippen molar-refractivity contribution in [1.82, 2.24) is 0 Å². The van der Waals surface area contributed by atoms with Crippen molar-refractivity contribution in [3.05, 3.63) is 192 Å². The highest BCUT2D eigenvalue weighted by Gasteiger charge is 2.31. The first kappa shape index (κ1) is 46.6. The highest BCUT2D eigenvalue weighted by Crippen LogP contribution is 2.59. The van der Waals surface area contributed by atoms with Crippen molar-refractivity contribution in [3.8, 4) is 22.3 Å². The molecule has 0 N–H and O–H groups in total. The van der Waals surface area contributed by atoms with Gasteiger partial charge in [-0.1, -0.05) is 241 Å². The fraction of sp³-hybridized carbons (Fsp3) is 0.200. The Balaban J connectivity index is 1.03. The molecule has 0 spiro atoms. The number of hydrogen-bond donors (Lipinski definition) is 0. The Bertz CT molecular complexity index is 5130. The van der Waals surface area contributed by atoms with Crippen LogP contribution in [0.5, 0.6) is 0 Å². The topological polar surface area (TPSA) is 0 Å². The Kier molecular flexibility index (Phi) is 8.68. The Morgan fingerprint density at radius 3 is 0.738 bits per heavy atom. The average molecular weight is 1030 g/mol. The van der Waals surface area contributed by atoms with Gasteiger partial charge in [0.1, 0.15) is 0 Å². The molecule has 0 aromatic heterocycles. The first-order chi connectivity index (χ1) is 38.3. The summed E-state index contributed by atoms with van der Waals surface area (Å²) in [4.78, 5) is 0. The lowest BCUT2D eigenvalue weighted by Crippen LogP contribution is -2.10. The van der Waals surface area contributed by atoms with E-state index in [4.69, 9.17) is 0 Å². The van der Waals surface area contributed by atoms with E-state index in [1.807, 2.05) is 0 Å². The van der Waals surface area contributed by atoms with Crippen LogP contribution in [0.4, 0.5) is 0 Å². The zero-order valence-corrected chi connectivity index (χ0v) is 48.2. The summed E-state index contributed by atoms with van der Waals surface area (Å²) < 4.78 is 0. The lowest BCUT2D eigenvalue weighted by Gasteiger charge is -2.20. The van der Waals surface area contributed by atoms with Crippen LogP contribution < -0.4 is 0 Å². The third kappa shape index (κ3) is 5.82. The Morgan fingerprint density at radius 2 is 0.400 bits per heavy atom. The third-order valence-electron chi connectivity index (χ3n) is 19.6. The van der Waals surface area contributed by atoms with Crippen LogP contribution in [0.3, 0.4) is 0 Å². The largest absolute Gasteiger partial charge is 0.0610 e. The summed E-state index contributed by atoms with van der Waals surface area (Å²) in [6.07, 6.45) is 0. The maximum Gasteiger partial charge on any atom is -0.000696 e. The fourth-order valence-electron chi connectivity index (χ4n) is 15.6. The molecule has 0 nitrogen and oxygen atoms in total. The lowest BCUT2D eigenvalue weighted by molar-refractivity contribution is 0.590. The highest BCUT2D eigenvalue weighted by molar-refractivity contribution is 6.54. The van der Waals surface area contributed by atoms with Gasteiger partial charge in [-0.25, -0.2) is 0 Å². The van der Waals surface area contributed by atoms with Gasteiger partial charge in [-0.15, -0.1) is 0 Å². The molecule has 0 bridgehead atoms. The molecule has 80 heavy (non-hydrogen) atoms. The molecule has 0 heterocycles. The van der Waals surface area contributed by atoms with E-state index in [0.717, 1.165) is 0 Å². The minimum atomic E-state index is 0.0300. The van der Waals surface area contributed by atoms with Gasteiger partial charge < -0.3 is 0 Å². The number of rotatable bonds is 2. The van der Waals surface area contributed by atoms with Gasteiger partial charge in [0.2, 0.25) is 0 Å². The molecule has 0 radical (unpaired) electrons. The normalized spacial score (nSPS) is 13.8. The van der Waals surface area contributed by atoms with E-state index < -0.39 is 0 Å². The number of hydrogen-bond acceptors (Lipinski definition) is 0. The quantitative estimate of drug-likeness (QED) is 0.120. The zero-order valence-electron chi connectivity index (χ0n) is 48.2. The van der Waals surface area contributed by atoms with E-state index in [9.17, 15) is 0 Å². The first-order valence-corrected chi connectivity index (χ1v) is 29.2. The van der Waals surface area contributed by atoms with Crippen LogP contribution in [-0.2, 0) is 21.7 Å². The molecule has 0 heteroatoms. The molecule has 0 fully saturated rings. The summed E-state index contributed by atoms with van der Waals surface area (Å²) in [5.74, 6) is 0. The second-order valence-corrected chi connectivity index (χ2v) is 28.3. The smallest absolute Gasteiger partial charge is 0.000696 e. The first-order valence-electron chi connectivity index (χ1n) is 29.2. The maximum atomic E-state index is 2.51. The van der Waals surface area contributed by atoms with Crippen molar-refractivity contribution in [2.24, 2.45) is 0 Å². The van der Waals surface area contributed by atoms with E-state index in [1.54, 1.807) is 0 Å². The van der Waals surface area contributed by atoms with Crippen LogP contribution in [-0.4, -0.2) is 0 Å². The van der Waals surface area contributed by atoms with Gasteiger partial charge in [-0.2, -0.15) is 0 Å². The Labute approximate surface area is 467 Å². The van der Waals surface area contributed by atoms with E-state index in [-0.39, 0.29) is 21.7 Å². The molecule has 0 aliphatic carbocycles. The molecule has 0 aliphatic rings. The molecule has 17 aromatic carbocycles. The molecule has 0 unspecified atom stereocenters. The van der Waals surface area contributed by atoms with Gasteiger partial charge in [0.15, 0.2) is 0 Å². The van der Waals surface area contributed by atoms with E-state index in [1.165, 1.54) is 195 Å². The number of benzene rings is 13. The molecule has 0 atom stereocenters. The van der Waals surface area contributed by atoms with Crippen LogP contribution in [0, 0.1) is 0 Å². The molecular weight excluding hydrogens is 961 g/mol. The van der Waals surface area contributed by atoms with Gasteiger partial charge in [-0.3, -0.25) is 0 Å². The molecule has 0 amide bonds. The van der Waals surface area contributed by atoms with Crippen molar-refractivity contribution >= 4 is 151 Å². The zero-order chi connectivity index (χ0) is 54.6. The summed E-state index contributed by atoms with van der Waals surface area (Å²) in [7, 11) is 0. The maximum absolute atomic E-state index is 2.51. The van der Waals surface area contributed by atoms with Crippen LogP contribution in [0.25, 0.3) is 173 Å². The van der Waals surface area contributed by atoms with Crippen LogP contribution in [0.2, 0.25) is 0 Å². The SMILES string of the molecule is CC(C)(C)c1ccc(-c2c3cccc4c5cc(C(C)(C)C)ccc5c(c34)c3c4ccc5c6ccc7c8c(-c9ccc(C(C)(C)C)cc9)c9cccc%10c%11cc(C(C)(C)C)ccc%11c(c9%10)c8c8ccc(c9ccc(c23)c4c95)c6c78)cc1. The molecule has 0 saturated heterocycles. The van der Waals surface area contributed by atoms with Crippen molar-refractivity contribution in [3.63, 3.8) is 0 Å². The Morgan fingerprint density at radius 1 is 0.175 bits per heavy atom.